The molecule has 1 N–H and O–H groups in total. The third-order valence-corrected chi connectivity index (χ3v) is 3.33. The molecule has 2 fully saturated rings. The van der Waals surface area contributed by atoms with Gasteiger partial charge in [-0.05, 0) is 12.8 Å². The summed E-state index contributed by atoms with van der Waals surface area (Å²) in [7, 11) is 0. The van der Waals surface area contributed by atoms with Gasteiger partial charge in [0.25, 0.3) is 0 Å². The summed E-state index contributed by atoms with van der Waals surface area (Å²) >= 11 is 0. The number of aliphatic carboxylic acids is 1. The van der Waals surface area contributed by atoms with Gasteiger partial charge in [-0.2, -0.15) is 0 Å². The lowest BCUT2D eigenvalue weighted by atomic mass is 10.1. The average molecular weight is 225 g/mol. The molecule has 0 spiro atoms. The van der Waals surface area contributed by atoms with Crippen LogP contribution in [0.3, 0.4) is 0 Å². The molecule has 3 unspecified atom stereocenters. The van der Waals surface area contributed by atoms with Crippen molar-refractivity contribution in [1.29, 1.82) is 0 Å². The molecule has 88 valence electrons. The molecule has 5 nitrogen and oxygen atoms in total. The lowest BCUT2D eigenvalue weighted by molar-refractivity contribution is -0.156. The van der Waals surface area contributed by atoms with Crippen LogP contribution in [0.1, 0.15) is 32.6 Å². The van der Waals surface area contributed by atoms with Crippen molar-refractivity contribution < 1.29 is 19.5 Å². The fraction of sp³-hybridized carbons (Fsp3) is 0.727. The molecule has 0 bridgehead atoms. The zero-order chi connectivity index (χ0) is 11.9. The first kappa shape index (κ1) is 11.1. The van der Waals surface area contributed by atoms with E-state index < -0.39 is 12.0 Å². The average Bonchev–Trinajstić information content (AvgIpc) is 2.97. The molecule has 1 saturated heterocycles. The van der Waals surface area contributed by atoms with E-state index in [0.717, 1.165) is 11.3 Å². The summed E-state index contributed by atoms with van der Waals surface area (Å²) in [5.41, 5.74) is 0. The van der Waals surface area contributed by atoms with Gasteiger partial charge in [0.2, 0.25) is 11.8 Å². The van der Waals surface area contributed by atoms with Crippen molar-refractivity contribution in [3.8, 4) is 0 Å². The van der Waals surface area contributed by atoms with E-state index in [9.17, 15) is 14.4 Å². The van der Waals surface area contributed by atoms with Gasteiger partial charge in [0.1, 0.15) is 6.04 Å². The first-order chi connectivity index (χ1) is 7.57. The predicted octanol–water partition coefficient (Wildman–Crippen LogP) is 0.635. The van der Waals surface area contributed by atoms with Gasteiger partial charge in [0.05, 0.1) is 11.8 Å². The van der Waals surface area contributed by atoms with Crippen molar-refractivity contribution in [3.63, 3.8) is 0 Å². The Labute approximate surface area is 93.4 Å². The maximum atomic E-state index is 11.7. The molecule has 2 rings (SSSR count). The van der Waals surface area contributed by atoms with Crippen LogP contribution in [0.5, 0.6) is 0 Å². The number of likely N-dealkylation sites (tertiary alicyclic amines) is 1. The predicted molar refractivity (Wildman–Crippen MR) is 54.4 cm³/mol. The molecule has 1 heterocycles. The number of rotatable bonds is 5. The molecule has 0 aromatic heterocycles. The normalized spacial score (nSPS) is 29.2. The minimum Gasteiger partial charge on any atom is -0.480 e. The molecule has 1 saturated carbocycles. The number of carboxylic acids is 1. The van der Waals surface area contributed by atoms with Crippen LogP contribution in [0.25, 0.3) is 0 Å². The Morgan fingerprint density at radius 2 is 2.00 bits per heavy atom. The molecule has 3 atom stereocenters. The molecule has 2 amide bonds. The van der Waals surface area contributed by atoms with Crippen LogP contribution >= 0.6 is 0 Å². The Morgan fingerprint density at radius 1 is 1.44 bits per heavy atom. The highest BCUT2D eigenvalue weighted by Gasteiger charge is 2.61. The van der Waals surface area contributed by atoms with E-state index in [0.29, 0.717) is 19.3 Å². The fourth-order valence-corrected chi connectivity index (χ4v) is 2.27. The molecule has 0 aromatic carbocycles. The second-order valence-electron chi connectivity index (χ2n) is 4.49. The summed E-state index contributed by atoms with van der Waals surface area (Å²) in [6.45, 7) is 1.95. The molecule has 1 aliphatic heterocycles. The molecule has 16 heavy (non-hydrogen) atoms. The third kappa shape index (κ3) is 1.60. The van der Waals surface area contributed by atoms with Gasteiger partial charge in [-0.25, -0.2) is 4.79 Å². The van der Waals surface area contributed by atoms with Crippen molar-refractivity contribution >= 4 is 17.8 Å². The number of carbonyl (C=O) groups is 3. The van der Waals surface area contributed by atoms with E-state index in [2.05, 4.69) is 0 Å². The molecule has 5 heteroatoms. The Kier molecular flexibility index (Phi) is 2.69. The second-order valence-corrected chi connectivity index (χ2v) is 4.49. The minimum absolute atomic E-state index is 0.212. The van der Waals surface area contributed by atoms with Gasteiger partial charge in [-0.3, -0.25) is 14.5 Å². The Bertz CT molecular complexity index is 332. The van der Waals surface area contributed by atoms with Gasteiger partial charge < -0.3 is 5.11 Å². The van der Waals surface area contributed by atoms with Crippen LogP contribution < -0.4 is 0 Å². The van der Waals surface area contributed by atoms with Gasteiger partial charge in [0, 0.05) is 0 Å². The van der Waals surface area contributed by atoms with Crippen molar-refractivity contribution in [2.24, 2.45) is 11.8 Å². The smallest absolute Gasteiger partial charge is 0.326 e. The maximum Gasteiger partial charge on any atom is 0.326 e. The number of carbonyl (C=O) groups excluding carboxylic acids is 2. The number of imide groups is 1. The van der Waals surface area contributed by atoms with E-state index in [4.69, 9.17) is 5.11 Å². The molecule has 1 aliphatic carbocycles. The highest BCUT2D eigenvalue weighted by Crippen LogP contribution is 2.47. The fourth-order valence-electron chi connectivity index (χ4n) is 2.27. The largest absolute Gasteiger partial charge is 0.480 e. The zero-order valence-corrected chi connectivity index (χ0v) is 9.18. The zero-order valence-electron chi connectivity index (χ0n) is 9.18. The van der Waals surface area contributed by atoms with E-state index in [1.807, 2.05) is 6.92 Å². The third-order valence-electron chi connectivity index (χ3n) is 3.33. The molecular formula is C11H15NO4. The number of amides is 2. The lowest BCUT2D eigenvalue weighted by Crippen LogP contribution is -2.46. The van der Waals surface area contributed by atoms with Gasteiger partial charge >= 0.3 is 5.97 Å². The van der Waals surface area contributed by atoms with E-state index >= 15 is 0 Å². The minimum atomic E-state index is -1.07. The van der Waals surface area contributed by atoms with Crippen LogP contribution in [0.2, 0.25) is 0 Å². The summed E-state index contributed by atoms with van der Waals surface area (Å²) in [5.74, 6) is -2.06. The summed E-state index contributed by atoms with van der Waals surface area (Å²) in [5, 5.41) is 9.05. The van der Waals surface area contributed by atoms with E-state index in [1.165, 1.54) is 0 Å². The second kappa shape index (κ2) is 3.88. The number of carboxylic acid groups (broad SMARTS) is 1. The van der Waals surface area contributed by atoms with Crippen molar-refractivity contribution in [2.45, 2.75) is 38.6 Å². The molecule has 0 aromatic rings. The Balaban J connectivity index is 2.11. The number of fused-ring (bicyclic) bond motifs is 1. The van der Waals surface area contributed by atoms with Crippen LogP contribution in [-0.4, -0.2) is 33.8 Å². The van der Waals surface area contributed by atoms with E-state index in [1.54, 1.807) is 0 Å². The highest BCUT2D eigenvalue weighted by atomic mass is 16.4. The molecule has 2 aliphatic rings. The van der Waals surface area contributed by atoms with Crippen LogP contribution in [0, 0.1) is 11.8 Å². The first-order valence-corrected chi connectivity index (χ1v) is 5.67. The standard InChI is InChI=1S/C11H15NO4/c1-2-3-4-8(11(15)16)12-9(13)6-5-7(6)10(12)14/h6-8H,2-5H2,1H3,(H,15,16). The number of hydrogen-bond donors (Lipinski definition) is 1. The van der Waals surface area contributed by atoms with Crippen LogP contribution in [0.15, 0.2) is 0 Å². The van der Waals surface area contributed by atoms with Crippen LogP contribution in [0.4, 0.5) is 0 Å². The van der Waals surface area contributed by atoms with Gasteiger partial charge in [0.15, 0.2) is 0 Å². The molecule has 0 radical (unpaired) electrons. The summed E-state index contributed by atoms with van der Waals surface area (Å²) in [4.78, 5) is 35.5. The van der Waals surface area contributed by atoms with Gasteiger partial charge in [-0.1, -0.05) is 19.8 Å². The lowest BCUT2D eigenvalue weighted by Gasteiger charge is -2.23. The maximum absolute atomic E-state index is 11.7. The summed E-state index contributed by atoms with van der Waals surface area (Å²) in [6.07, 6.45) is 2.55. The quantitative estimate of drug-likeness (QED) is 0.696. The van der Waals surface area contributed by atoms with Crippen molar-refractivity contribution in [3.05, 3.63) is 0 Å². The van der Waals surface area contributed by atoms with Gasteiger partial charge in [-0.15, -0.1) is 0 Å². The monoisotopic (exact) mass is 225 g/mol. The first-order valence-electron chi connectivity index (χ1n) is 5.67. The van der Waals surface area contributed by atoms with Crippen molar-refractivity contribution in [1.82, 2.24) is 4.90 Å². The van der Waals surface area contributed by atoms with Crippen LogP contribution in [-0.2, 0) is 14.4 Å². The highest BCUT2D eigenvalue weighted by molar-refractivity contribution is 6.10. The Morgan fingerprint density at radius 3 is 2.44 bits per heavy atom. The van der Waals surface area contributed by atoms with E-state index in [-0.39, 0.29) is 23.7 Å². The SMILES string of the molecule is CCCCC(C(=O)O)N1C(=O)C2CC2C1=O. The topological polar surface area (TPSA) is 74.7 Å². The number of piperidine rings is 1. The number of hydrogen-bond acceptors (Lipinski definition) is 3. The number of unbranched alkanes of at least 4 members (excludes halogenated alkanes) is 1. The Hall–Kier alpha value is -1.39. The summed E-state index contributed by atoms with van der Waals surface area (Å²) in [6, 6.07) is -0.951. The summed E-state index contributed by atoms with van der Waals surface area (Å²) < 4.78 is 0. The number of nitrogens with zero attached hydrogens (tertiary/aromatic N) is 1. The van der Waals surface area contributed by atoms with Crippen molar-refractivity contribution in [2.75, 3.05) is 0 Å². The molecular weight excluding hydrogens is 210 g/mol.